The summed E-state index contributed by atoms with van der Waals surface area (Å²) in [5.41, 5.74) is 1.02. The Morgan fingerprint density at radius 2 is 1.52 bits per heavy atom. The van der Waals surface area contributed by atoms with Crippen molar-refractivity contribution in [3.8, 4) is 22.6 Å². The second-order valence-corrected chi connectivity index (χ2v) is 8.00. The molecule has 6 rings (SSSR count). The predicted molar refractivity (Wildman–Crippen MR) is 122 cm³/mol. The molecule has 0 aliphatic rings. The average Bonchev–Trinajstić information content (AvgIpc) is 3.13. The van der Waals surface area contributed by atoms with Gasteiger partial charge in [0.2, 0.25) is 0 Å². The van der Waals surface area contributed by atoms with Crippen molar-refractivity contribution in [1.29, 1.82) is 0 Å². The standard InChI is InChI=1S/C26H14ClFO3/c27-21-12-19-18-8-6-13-3-1-2-4-17(13)25(18)31-26(19)24(28)23(21)20-10-14-5-7-16(29)9-15(14)11-22(20)30/h1-12,29-30H. The van der Waals surface area contributed by atoms with Crippen LogP contribution in [0, 0.1) is 5.82 Å². The lowest BCUT2D eigenvalue weighted by Crippen LogP contribution is -1.89. The Hall–Kier alpha value is -3.76. The number of aromatic hydroxyl groups is 2. The molecule has 0 amide bonds. The zero-order valence-electron chi connectivity index (χ0n) is 16.0. The monoisotopic (exact) mass is 428 g/mol. The molecule has 5 heteroatoms. The van der Waals surface area contributed by atoms with Crippen LogP contribution in [0.25, 0.3) is 54.6 Å². The van der Waals surface area contributed by atoms with Crippen LogP contribution >= 0.6 is 11.6 Å². The summed E-state index contributed by atoms with van der Waals surface area (Å²) in [7, 11) is 0. The highest BCUT2D eigenvalue weighted by Gasteiger charge is 2.22. The number of benzene rings is 5. The third kappa shape index (κ3) is 2.58. The van der Waals surface area contributed by atoms with E-state index < -0.39 is 5.82 Å². The van der Waals surface area contributed by atoms with Gasteiger partial charge in [-0.05, 0) is 52.6 Å². The van der Waals surface area contributed by atoms with Gasteiger partial charge in [-0.15, -0.1) is 0 Å². The van der Waals surface area contributed by atoms with Gasteiger partial charge in [0.25, 0.3) is 0 Å². The van der Waals surface area contributed by atoms with Crippen LogP contribution in [0.4, 0.5) is 4.39 Å². The van der Waals surface area contributed by atoms with Gasteiger partial charge in [0.1, 0.15) is 17.1 Å². The van der Waals surface area contributed by atoms with Crippen LogP contribution in [-0.2, 0) is 0 Å². The van der Waals surface area contributed by atoms with Crippen molar-refractivity contribution in [3.63, 3.8) is 0 Å². The lowest BCUT2D eigenvalue weighted by atomic mass is 9.98. The first-order chi connectivity index (χ1) is 15.0. The summed E-state index contributed by atoms with van der Waals surface area (Å²) in [4.78, 5) is 0. The van der Waals surface area contributed by atoms with Crippen molar-refractivity contribution in [2.45, 2.75) is 0 Å². The molecule has 0 bridgehead atoms. The molecule has 6 aromatic rings. The molecule has 150 valence electrons. The Bertz CT molecular complexity index is 1680. The van der Waals surface area contributed by atoms with Crippen LogP contribution in [0.3, 0.4) is 0 Å². The largest absolute Gasteiger partial charge is 0.508 e. The van der Waals surface area contributed by atoms with Crippen molar-refractivity contribution in [2.24, 2.45) is 0 Å². The summed E-state index contributed by atoms with van der Waals surface area (Å²) >= 11 is 6.53. The molecule has 1 heterocycles. The maximum absolute atomic E-state index is 15.8. The molecule has 0 saturated heterocycles. The van der Waals surface area contributed by atoms with E-state index >= 15 is 4.39 Å². The third-order valence-electron chi connectivity index (χ3n) is 5.75. The maximum Gasteiger partial charge on any atom is 0.175 e. The van der Waals surface area contributed by atoms with Gasteiger partial charge in [0.05, 0.1) is 5.02 Å². The smallest absolute Gasteiger partial charge is 0.175 e. The number of hydrogen-bond acceptors (Lipinski definition) is 3. The molecule has 0 aliphatic carbocycles. The van der Waals surface area contributed by atoms with E-state index in [4.69, 9.17) is 16.0 Å². The van der Waals surface area contributed by atoms with E-state index in [1.54, 1.807) is 18.2 Å². The Kier molecular flexibility index (Phi) is 3.71. The molecule has 0 saturated carbocycles. The second kappa shape index (κ2) is 6.37. The van der Waals surface area contributed by atoms with E-state index in [-0.39, 0.29) is 33.2 Å². The summed E-state index contributed by atoms with van der Waals surface area (Å²) in [5, 5.41) is 25.1. The molecule has 1 aromatic heterocycles. The second-order valence-electron chi connectivity index (χ2n) is 7.59. The van der Waals surface area contributed by atoms with Crippen LogP contribution in [0.1, 0.15) is 0 Å². The summed E-state index contributed by atoms with van der Waals surface area (Å²) < 4.78 is 21.8. The molecule has 0 atom stereocenters. The lowest BCUT2D eigenvalue weighted by Gasteiger charge is -2.11. The van der Waals surface area contributed by atoms with Crippen molar-refractivity contribution in [2.75, 3.05) is 0 Å². The molecular formula is C26H14ClFO3. The minimum absolute atomic E-state index is 0.0741. The molecule has 0 unspecified atom stereocenters. The van der Waals surface area contributed by atoms with Gasteiger partial charge >= 0.3 is 0 Å². The number of phenols is 2. The summed E-state index contributed by atoms with van der Waals surface area (Å²) in [6.45, 7) is 0. The number of hydrogen-bond donors (Lipinski definition) is 2. The molecule has 2 N–H and O–H groups in total. The predicted octanol–water partition coefficient (Wildman–Crippen LogP) is 7.76. The van der Waals surface area contributed by atoms with Crippen LogP contribution < -0.4 is 0 Å². The van der Waals surface area contributed by atoms with Gasteiger partial charge in [0, 0.05) is 27.3 Å². The fourth-order valence-electron chi connectivity index (χ4n) is 4.29. The van der Waals surface area contributed by atoms with Crippen molar-refractivity contribution in [1.82, 2.24) is 0 Å². The Balaban J connectivity index is 1.69. The SMILES string of the molecule is Oc1ccc2cc(-c3c(Cl)cc4c(oc5c6ccccc6ccc45)c3F)c(O)cc2c1. The van der Waals surface area contributed by atoms with Crippen molar-refractivity contribution < 1.29 is 19.0 Å². The van der Waals surface area contributed by atoms with Gasteiger partial charge < -0.3 is 14.6 Å². The molecule has 5 aromatic carbocycles. The summed E-state index contributed by atoms with van der Waals surface area (Å²) in [6.07, 6.45) is 0. The number of rotatable bonds is 1. The van der Waals surface area contributed by atoms with Gasteiger partial charge in [-0.2, -0.15) is 0 Å². The minimum Gasteiger partial charge on any atom is -0.508 e. The number of fused-ring (bicyclic) bond motifs is 6. The highest BCUT2D eigenvalue weighted by atomic mass is 35.5. The highest BCUT2D eigenvalue weighted by Crippen LogP contribution is 2.44. The van der Waals surface area contributed by atoms with E-state index in [0.717, 1.165) is 21.5 Å². The molecule has 0 spiro atoms. The quantitative estimate of drug-likeness (QED) is 0.281. The molecule has 31 heavy (non-hydrogen) atoms. The van der Waals surface area contributed by atoms with E-state index in [2.05, 4.69) is 0 Å². The summed E-state index contributed by atoms with van der Waals surface area (Å²) in [6, 6.07) is 21.2. The lowest BCUT2D eigenvalue weighted by molar-refractivity contribution is 0.475. The Morgan fingerprint density at radius 1 is 0.710 bits per heavy atom. The first-order valence-corrected chi connectivity index (χ1v) is 10.1. The fourth-order valence-corrected chi connectivity index (χ4v) is 4.58. The molecule has 0 radical (unpaired) electrons. The highest BCUT2D eigenvalue weighted by molar-refractivity contribution is 6.35. The zero-order chi connectivity index (χ0) is 21.3. The number of furan rings is 1. The van der Waals surface area contributed by atoms with Gasteiger partial charge in [-0.25, -0.2) is 4.39 Å². The van der Waals surface area contributed by atoms with Crippen molar-refractivity contribution >= 4 is 55.1 Å². The van der Waals surface area contributed by atoms with Crippen molar-refractivity contribution in [3.05, 3.63) is 83.6 Å². The average molecular weight is 429 g/mol. The van der Waals surface area contributed by atoms with Crippen LogP contribution in [0.2, 0.25) is 5.02 Å². The first-order valence-electron chi connectivity index (χ1n) is 9.69. The molecular weight excluding hydrogens is 415 g/mol. The first kappa shape index (κ1) is 18.0. The summed E-state index contributed by atoms with van der Waals surface area (Å²) in [5.74, 6) is -0.684. The van der Waals surface area contributed by atoms with Gasteiger partial charge in [-0.3, -0.25) is 0 Å². The Morgan fingerprint density at radius 3 is 2.39 bits per heavy atom. The zero-order valence-corrected chi connectivity index (χ0v) is 16.7. The van der Waals surface area contributed by atoms with E-state index in [9.17, 15) is 10.2 Å². The van der Waals surface area contributed by atoms with Gasteiger partial charge in [0.15, 0.2) is 11.4 Å². The van der Waals surface area contributed by atoms with Crippen LogP contribution in [0.15, 0.2) is 77.2 Å². The molecule has 0 aliphatic heterocycles. The van der Waals surface area contributed by atoms with Crippen LogP contribution in [-0.4, -0.2) is 10.2 Å². The maximum atomic E-state index is 15.8. The number of halogens is 2. The number of phenolic OH excluding ortho intramolecular Hbond substituents is 2. The topological polar surface area (TPSA) is 53.6 Å². The Labute approximate surface area is 180 Å². The fraction of sp³-hybridized carbons (Fsp3) is 0. The minimum atomic E-state index is -0.629. The molecule has 0 fully saturated rings. The van der Waals surface area contributed by atoms with Crippen LogP contribution in [0.5, 0.6) is 11.5 Å². The molecule has 3 nitrogen and oxygen atoms in total. The third-order valence-corrected chi connectivity index (χ3v) is 6.05. The normalized spacial score (nSPS) is 11.8. The van der Waals surface area contributed by atoms with E-state index in [1.807, 2.05) is 36.4 Å². The van der Waals surface area contributed by atoms with E-state index in [0.29, 0.717) is 16.4 Å². The van der Waals surface area contributed by atoms with E-state index in [1.165, 1.54) is 18.2 Å². The van der Waals surface area contributed by atoms with Gasteiger partial charge in [-0.1, -0.05) is 48.0 Å².